The van der Waals surface area contributed by atoms with Crippen molar-refractivity contribution in [3.05, 3.63) is 111 Å². The maximum absolute atomic E-state index is 11.7. The van der Waals surface area contributed by atoms with Gasteiger partial charge in [0.15, 0.2) is 17.3 Å². The Labute approximate surface area is 260 Å². The summed E-state index contributed by atoms with van der Waals surface area (Å²) in [4.78, 5) is 56.3. The molecule has 3 aromatic carbocycles. The number of carbonyl (C=O) groups is 3. The van der Waals surface area contributed by atoms with E-state index in [0.717, 1.165) is 84.7 Å². The van der Waals surface area contributed by atoms with Gasteiger partial charge in [-0.2, -0.15) is 0 Å². The first kappa shape index (κ1) is 29.2. The molecule has 0 saturated heterocycles. The van der Waals surface area contributed by atoms with Crippen molar-refractivity contribution in [3.63, 3.8) is 0 Å². The van der Waals surface area contributed by atoms with Gasteiger partial charge >= 0.3 is 0 Å². The summed E-state index contributed by atoms with van der Waals surface area (Å²) >= 11 is 0. The number of nitrogens with zero attached hydrogens (tertiary/aromatic N) is 2. The number of nitro groups is 2. The molecule has 0 spiro atoms. The standard InChI is InChI=1S/2C12H11NO3.C12H12O/c14-10-5-4-8-6-7-2-1-3-9(7)12(11(8)10)13(15)16;14-11-5-4-9-10(11)6-7-2-1-3-8(7)12(9)13(15)16;13-12-5-4-10-6-8-2-1-3-9(8)7-11(10)12/h2*6H,1-5H2;6-7H,1-5H2. The van der Waals surface area contributed by atoms with Gasteiger partial charge in [0.1, 0.15) is 0 Å². The van der Waals surface area contributed by atoms with Crippen LogP contribution in [0.3, 0.4) is 0 Å². The molecule has 3 aromatic rings. The van der Waals surface area contributed by atoms with Crippen molar-refractivity contribution in [1.82, 2.24) is 0 Å². The Morgan fingerprint density at radius 3 is 1.62 bits per heavy atom. The number of benzene rings is 3. The van der Waals surface area contributed by atoms with Gasteiger partial charge in [-0.05, 0) is 123 Å². The lowest BCUT2D eigenvalue weighted by Crippen LogP contribution is -2.04. The predicted octanol–water partition coefficient (Wildman–Crippen LogP) is 6.73. The van der Waals surface area contributed by atoms with Gasteiger partial charge in [-0.1, -0.05) is 12.1 Å². The van der Waals surface area contributed by atoms with Crippen LogP contribution in [0.15, 0.2) is 24.3 Å². The van der Waals surface area contributed by atoms with Gasteiger partial charge in [0.2, 0.25) is 0 Å². The second-order valence-corrected chi connectivity index (χ2v) is 12.9. The molecule has 0 atom stereocenters. The van der Waals surface area contributed by atoms with E-state index in [9.17, 15) is 34.6 Å². The minimum absolute atomic E-state index is 0.0589. The minimum atomic E-state index is -0.369. The van der Waals surface area contributed by atoms with Crippen molar-refractivity contribution in [2.75, 3.05) is 0 Å². The molecular formula is C36H34N2O7. The fourth-order valence-electron chi connectivity index (χ4n) is 8.25. The third-order valence-electron chi connectivity index (χ3n) is 10.3. The predicted molar refractivity (Wildman–Crippen MR) is 167 cm³/mol. The first-order valence-electron chi connectivity index (χ1n) is 16.1. The van der Waals surface area contributed by atoms with Gasteiger partial charge in [0.25, 0.3) is 11.4 Å². The molecule has 0 aromatic heterocycles. The van der Waals surface area contributed by atoms with Crippen LogP contribution in [0.1, 0.15) is 120 Å². The molecule has 9 heteroatoms. The van der Waals surface area contributed by atoms with Gasteiger partial charge in [-0.25, -0.2) is 0 Å². The Bertz CT molecular complexity index is 1850. The topological polar surface area (TPSA) is 137 Å². The molecule has 0 heterocycles. The molecule has 0 N–H and O–H groups in total. The maximum Gasteiger partial charge on any atom is 0.283 e. The van der Waals surface area contributed by atoms with Crippen LogP contribution >= 0.6 is 0 Å². The van der Waals surface area contributed by atoms with E-state index in [1.807, 2.05) is 12.1 Å². The summed E-state index contributed by atoms with van der Waals surface area (Å²) in [5.41, 5.74) is 11.9. The number of fused-ring (bicyclic) bond motifs is 6. The zero-order valence-corrected chi connectivity index (χ0v) is 25.2. The lowest BCUT2D eigenvalue weighted by Gasteiger charge is -2.06. The van der Waals surface area contributed by atoms with E-state index in [0.29, 0.717) is 48.2 Å². The van der Waals surface area contributed by atoms with Crippen LogP contribution in [0, 0.1) is 20.2 Å². The maximum atomic E-state index is 11.7. The molecule has 0 saturated carbocycles. The molecule has 45 heavy (non-hydrogen) atoms. The first-order valence-corrected chi connectivity index (χ1v) is 16.1. The summed E-state index contributed by atoms with van der Waals surface area (Å²) in [6, 6.07) is 8.31. The molecular weight excluding hydrogens is 572 g/mol. The van der Waals surface area contributed by atoms with E-state index < -0.39 is 0 Å². The third kappa shape index (κ3) is 5.08. The van der Waals surface area contributed by atoms with Crippen LogP contribution in [0.4, 0.5) is 11.4 Å². The van der Waals surface area contributed by atoms with Crippen molar-refractivity contribution in [2.24, 2.45) is 0 Å². The van der Waals surface area contributed by atoms with Gasteiger partial charge in [-0.15, -0.1) is 0 Å². The summed E-state index contributed by atoms with van der Waals surface area (Å²) < 4.78 is 0. The molecule has 230 valence electrons. The lowest BCUT2D eigenvalue weighted by atomic mass is 9.99. The van der Waals surface area contributed by atoms with Crippen molar-refractivity contribution in [2.45, 2.75) is 96.3 Å². The normalized spacial score (nSPS) is 17.8. The number of aryl methyl sites for hydroxylation is 6. The number of nitro benzene ring substituents is 2. The Morgan fingerprint density at radius 1 is 0.422 bits per heavy atom. The van der Waals surface area contributed by atoms with Crippen LogP contribution in [0.5, 0.6) is 0 Å². The molecule has 9 nitrogen and oxygen atoms in total. The Hall–Kier alpha value is -4.53. The van der Waals surface area contributed by atoms with Crippen molar-refractivity contribution < 1.29 is 24.2 Å². The molecule has 0 radical (unpaired) electrons. The summed E-state index contributed by atoms with van der Waals surface area (Å²) in [7, 11) is 0. The van der Waals surface area contributed by atoms with E-state index in [1.165, 1.54) is 36.0 Å². The van der Waals surface area contributed by atoms with E-state index in [1.54, 1.807) is 0 Å². The number of carbonyl (C=O) groups excluding carboxylic acids is 3. The number of Topliss-reactive ketones (excluding diaryl/α,β-unsaturated/α-hetero) is 3. The molecule has 0 unspecified atom stereocenters. The van der Waals surface area contributed by atoms with Gasteiger partial charge in [0.05, 0.1) is 15.4 Å². The molecule has 6 aliphatic rings. The zero-order valence-electron chi connectivity index (χ0n) is 25.2. The van der Waals surface area contributed by atoms with Gasteiger partial charge in [0, 0.05) is 47.1 Å². The highest BCUT2D eigenvalue weighted by Gasteiger charge is 2.36. The summed E-state index contributed by atoms with van der Waals surface area (Å²) in [6.07, 6.45) is 12.7. The Morgan fingerprint density at radius 2 is 0.911 bits per heavy atom. The molecule has 0 bridgehead atoms. The summed E-state index contributed by atoms with van der Waals surface area (Å²) in [5.74, 6) is 0.355. The molecule has 0 fully saturated rings. The molecule has 9 rings (SSSR count). The fourth-order valence-corrected chi connectivity index (χ4v) is 8.25. The number of ketones is 3. The molecule has 0 aliphatic heterocycles. The van der Waals surface area contributed by atoms with E-state index >= 15 is 0 Å². The van der Waals surface area contributed by atoms with Gasteiger partial charge < -0.3 is 0 Å². The van der Waals surface area contributed by atoms with Crippen LogP contribution in [-0.4, -0.2) is 27.2 Å². The van der Waals surface area contributed by atoms with Crippen LogP contribution < -0.4 is 0 Å². The number of rotatable bonds is 2. The largest absolute Gasteiger partial charge is 0.294 e. The smallest absolute Gasteiger partial charge is 0.283 e. The first-order chi connectivity index (χ1) is 21.7. The summed E-state index contributed by atoms with van der Waals surface area (Å²) in [6.45, 7) is 0. The highest BCUT2D eigenvalue weighted by Crippen LogP contribution is 2.41. The summed E-state index contributed by atoms with van der Waals surface area (Å²) in [5, 5.41) is 22.2. The molecule has 6 aliphatic carbocycles. The van der Waals surface area contributed by atoms with E-state index in [-0.39, 0.29) is 32.8 Å². The highest BCUT2D eigenvalue weighted by molar-refractivity contribution is 6.05. The van der Waals surface area contributed by atoms with Gasteiger partial charge in [-0.3, -0.25) is 34.6 Å². The van der Waals surface area contributed by atoms with Crippen LogP contribution in [0.25, 0.3) is 0 Å². The monoisotopic (exact) mass is 606 g/mol. The van der Waals surface area contributed by atoms with Crippen molar-refractivity contribution in [1.29, 1.82) is 0 Å². The Kier molecular flexibility index (Phi) is 7.42. The van der Waals surface area contributed by atoms with E-state index in [2.05, 4.69) is 12.1 Å². The number of hydrogen-bond acceptors (Lipinski definition) is 7. The van der Waals surface area contributed by atoms with Crippen LogP contribution in [-0.2, 0) is 57.8 Å². The minimum Gasteiger partial charge on any atom is -0.294 e. The molecule has 0 amide bonds. The van der Waals surface area contributed by atoms with Crippen molar-refractivity contribution in [3.8, 4) is 0 Å². The SMILES string of the molecule is O=C1CCc2c1cc1c(c2[N+](=O)[O-])CCC1.O=C1CCc2cc3c(c([N+](=O)[O-])c21)CCC3.O=C1CCc2cc3c(cc21)CCC3. The van der Waals surface area contributed by atoms with E-state index in [4.69, 9.17) is 0 Å². The zero-order chi connectivity index (χ0) is 31.4. The second-order valence-electron chi connectivity index (χ2n) is 12.9. The highest BCUT2D eigenvalue weighted by atomic mass is 16.6. The average Bonchev–Trinajstić information content (AvgIpc) is 3.87. The third-order valence-corrected chi connectivity index (χ3v) is 10.3. The lowest BCUT2D eigenvalue weighted by molar-refractivity contribution is -0.386. The number of hydrogen-bond donors (Lipinski definition) is 0. The Balaban J connectivity index is 0.000000109. The average molecular weight is 607 g/mol. The quantitative estimate of drug-likeness (QED) is 0.233. The fraction of sp³-hybridized carbons (Fsp3) is 0.417. The van der Waals surface area contributed by atoms with Crippen LogP contribution in [0.2, 0.25) is 0 Å². The second kappa shape index (κ2) is 11.4. The van der Waals surface area contributed by atoms with Crippen molar-refractivity contribution >= 4 is 28.7 Å².